The highest BCUT2D eigenvalue weighted by molar-refractivity contribution is 6.30. The van der Waals surface area contributed by atoms with Crippen LogP contribution >= 0.6 is 11.6 Å². The molecule has 1 saturated heterocycles. The number of benzene rings is 2. The van der Waals surface area contributed by atoms with Crippen LogP contribution in [0.1, 0.15) is 24.8 Å². The number of anilines is 1. The Labute approximate surface area is 186 Å². The van der Waals surface area contributed by atoms with E-state index in [9.17, 15) is 9.59 Å². The molecule has 31 heavy (non-hydrogen) atoms. The molecule has 3 aliphatic rings. The molecule has 1 fully saturated rings. The second-order valence-corrected chi connectivity index (χ2v) is 8.81. The molecule has 0 spiro atoms. The van der Waals surface area contributed by atoms with Gasteiger partial charge in [-0.2, -0.15) is 0 Å². The summed E-state index contributed by atoms with van der Waals surface area (Å²) in [6.07, 6.45) is 3.04. The number of fused-ring (bicyclic) bond motifs is 2. The molecule has 2 amide bonds. The van der Waals surface area contributed by atoms with Crippen LogP contribution in [0.15, 0.2) is 42.5 Å². The van der Waals surface area contributed by atoms with Gasteiger partial charge in [0.25, 0.3) is 5.91 Å². The van der Waals surface area contributed by atoms with Crippen molar-refractivity contribution in [2.45, 2.75) is 31.8 Å². The monoisotopic (exact) mass is 440 g/mol. The Morgan fingerprint density at radius 1 is 0.968 bits per heavy atom. The van der Waals surface area contributed by atoms with E-state index in [2.05, 4.69) is 0 Å². The largest absolute Gasteiger partial charge is 0.492 e. The maximum absolute atomic E-state index is 13.6. The number of para-hydroxylation sites is 2. The lowest BCUT2D eigenvalue weighted by molar-refractivity contribution is -0.139. The second kappa shape index (κ2) is 8.42. The summed E-state index contributed by atoms with van der Waals surface area (Å²) in [6, 6.07) is 12.9. The van der Waals surface area contributed by atoms with Gasteiger partial charge in [0.05, 0.1) is 18.2 Å². The lowest BCUT2D eigenvalue weighted by Crippen LogP contribution is -2.54. The van der Waals surface area contributed by atoms with Crippen LogP contribution in [0.25, 0.3) is 0 Å². The highest BCUT2D eigenvalue weighted by atomic mass is 35.5. The smallest absolute Gasteiger partial charge is 0.265 e. The second-order valence-electron chi connectivity index (χ2n) is 8.37. The Kier molecular flexibility index (Phi) is 5.48. The van der Waals surface area contributed by atoms with Gasteiger partial charge in [-0.25, -0.2) is 0 Å². The standard InChI is InChI=1S/C24H25ClN2O4/c25-18-8-9-20-16(13-18)12-17(15-30-20)23(28)27-14-22(24(29)26-10-4-1-5-11-26)31-21-7-3-2-6-19(21)27/h2-3,6-9,13,17,22H,1,4-5,10-12,14-15H2/t17-,22-/m0/s1. The quantitative estimate of drug-likeness (QED) is 0.714. The SMILES string of the molecule is O=C([C@@H]1CN(C(=O)[C@@H]2COc3ccc(Cl)cc3C2)c2ccccc2O1)N1CCCCC1. The lowest BCUT2D eigenvalue weighted by Gasteiger charge is -2.39. The Hall–Kier alpha value is -2.73. The number of hydrogen-bond acceptors (Lipinski definition) is 4. The van der Waals surface area contributed by atoms with Gasteiger partial charge in [-0.15, -0.1) is 0 Å². The molecule has 3 aliphatic heterocycles. The van der Waals surface area contributed by atoms with E-state index in [-0.39, 0.29) is 24.3 Å². The van der Waals surface area contributed by atoms with Crippen molar-refractivity contribution in [1.29, 1.82) is 0 Å². The summed E-state index contributed by atoms with van der Waals surface area (Å²) in [7, 11) is 0. The lowest BCUT2D eigenvalue weighted by atomic mass is 9.94. The summed E-state index contributed by atoms with van der Waals surface area (Å²) in [5, 5.41) is 0.624. The number of rotatable bonds is 2. The predicted molar refractivity (Wildman–Crippen MR) is 118 cm³/mol. The van der Waals surface area contributed by atoms with Crippen molar-refractivity contribution in [3.05, 3.63) is 53.1 Å². The first-order valence-electron chi connectivity index (χ1n) is 10.9. The fraction of sp³-hybridized carbons (Fsp3) is 0.417. The zero-order valence-corrected chi connectivity index (χ0v) is 18.0. The summed E-state index contributed by atoms with van der Waals surface area (Å²) in [5.41, 5.74) is 1.63. The Balaban J connectivity index is 1.39. The number of carbonyl (C=O) groups excluding carboxylic acids is 2. The molecule has 0 N–H and O–H groups in total. The molecule has 0 aromatic heterocycles. The van der Waals surface area contributed by atoms with Crippen LogP contribution in [-0.4, -0.2) is 49.1 Å². The average Bonchev–Trinajstić information content (AvgIpc) is 2.82. The van der Waals surface area contributed by atoms with Crippen LogP contribution in [-0.2, 0) is 16.0 Å². The van der Waals surface area contributed by atoms with Gasteiger partial charge in [0.15, 0.2) is 6.10 Å². The van der Waals surface area contributed by atoms with Gasteiger partial charge in [-0.05, 0) is 61.6 Å². The van der Waals surface area contributed by atoms with Gasteiger partial charge in [-0.3, -0.25) is 9.59 Å². The highest BCUT2D eigenvalue weighted by Gasteiger charge is 2.39. The maximum Gasteiger partial charge on any atom is 0.265 e. The highest BCUT2D eigenvalue weighted by Crippen LogP contribution is 2.37. The summed E-state index contributed by atoms with van der Waals surface area (Å²) in [6.45, 7) is 2.02. The normalized spacial score (nSPS) is 22.6. The van der Waals surface area contributed by atoms with E-state index in [4.69, 9.17) is 21.1 Å². The number of piperidine rings is 1. The van der Waals surface area contributed by atoms with Crippen molar-refractivity contribution in [3.8, 4) is 11.5 Å². The van der Waals surface area contributed by atoms with Gasteiger partial charge in [0.1, 0.15) is 18.1 Å². The van der Waals surface area contributed by atoms with Crippen molar-refractivity contribution in [2.75, 3.05) is 31.1 Å². The number of nitrogens with zero attached hydrogens (tertiary/aromatic N) is 2. The van der Waals surface area contributed by atoms with Crippen molar-refractivity contribution in [1.82, 2.24) is 4.90 Å². The number of ether oxygens (including phenoxy) is 2. The van der Waals surface area contributed by atoms with E-state index in [1.807, 2.05) is 41.3 Å². The number of hydrogen-bond donors (Lipinski definition) is 0. The van der Waals surface area contributed by atoms with Gasteiger partial charge in [0.2, 0.25) is 5.91 Å². The van der Waals surface area contributed by atoms with E-state index in [0.29, 0.717) is 29.5 Å². The zero-order valence-electron chi connectivity index (χ0n) is 17.3. The molecule has 5 rings (SSSR count). The van der Waals surface area contributed by atoms with Crippen LogP contribution in [0, 0.1) is 5.92 Å². The molecule has 2 aromatic carbocycles. The third kappa shape index (κ3) is 3.97. The molecule has 0 saturated carbocycles. The summed E-state index contributed by atoms with van der Waals surface area (Å²) in [5.74, 6) is 0.899. The molecule has 3 heterocycles. The molecule has 7 heteroatoms. The van der Waals surface area contributed by atoms with Crippen molar-refractivity contribution < 1.29 is 19.1 Å². The van der Waals surface area contributed by atoms with Crippen LogP contribution < -0.4 is 14.4 Å². The number of carbonyl (C=O) groups is 2. The molecule has 2 aromatic rings. The Morgan fingerprint density at radius 2 is 1.77 bits per heavy atom. The number of likely N-dealkylation sites (tertiary alicyclic amines) is 1. The molecule has 162 valence electrons. The van der Waals surface area contributed by atoms with Crippen LogP contribution in [0.3, 0.4) is 0 Å². The molecular formula is C24H25ClN2O4. The maximum atomic E-state index is 13.6. The Bertz CT molecular complexity index is 1000. The topological polar surface area (TPSA) is 59.1 Å². The van der Waals surface area contributed by atoms with Gasteiger partial charge in [0, 0.05) is 18.1 Å². The van der Waals surface area contributed by atoms with E-state index in [0.717, 1.165) is 43.7 Å². The van der Waals surface area contributed by atoms with E-state index in [1.165, 1.54) is 0 Å². The summed E-state index contributed by atoms with van der Waals surface area (Å²) in [4.78, 5) is 30.3. The first-order chi connectivity index (χ1) is 15.1. The predicted octanol–water partition coefficient (Wildman–Crippen LogP) is 3.70. The summed E-state index contributed by atoms with van der Waals surface area (Å²) < 4.78 is 11.9. The van der Waals surface area contributed by atoms with Crippen LogP contribution in [0.2, 0.25) is 5.02 Å². The first-order valence-corrected chi connectivity index (χ1v) is 11.2. The molecule has 2 atom stereocenters. The average molecular weight is 441 g/mol. The zero-order chi connectivity index (χ0) is 21.4. The molecule has 0 unspecified atom stereocenters. The minimum absolute atomic E-state index is 0.0379. The molecule has 6 nitrogen and oxygen atoms in total. The van der Waals surface area contributed by atoms with Gasteiger partial charge in [-0.1, -0.05) is 23.7 Å². The van der Waals surface area contributed by atoms with E-state index in [1.54, 1.807) is 11.0 Å². The van der Waals surface area contributed by atoms with E-state index >= 15 is 0 Å². The fourth-order valence-corrected chi connectivity index (χ4v) is 4.83. The first kappa shape index (κ1) is 20.2. The van der Waals surface area contributed by atoms with Crippen LogP contribution in [0.5, 0.6) is 11.5 Å². The molecule has 0 bridgehead atoms. The van der Waals surface area contributed by atoms with Crippen molar-refractivity contribution in [3.63, 3.8) is 0 Å². The Morgan fingerprint density at radius 3 is 2.61 bits per heavy atom. The number of amides is 2. The molecular weight excluding hydrogens is 416 g/mol. The van der Waals surface area contributed by atoms with Crippen LogP contribution in [0.4, 0.5) is 5.69 Å². The minimum atomic E-state index is -0.691. The van der Waals surface area contributed by atoms with E-state index < -0.39 is 6.10 Å². The van der Waals surface area contributed by atoms with Gasteiger partial charge < -0.3 is 19.3 Å². The molecule has 0 radical (unpaired) electrons. The minimum Gasteiger partial charge on any atom is -0.492 e. The van der Waals surface area contributed by atoms with Crippen molar-refractivity contribution in [2.24, 2.45) is 5.92 Å². The van der Waals surface area contributed by atoms with Crippen molar-refractivity contribution >= 4 is 29.1 Å². The fourth-order valence-electron chi connectivity index (χ4n) is 4.63. The number of halogens is 1. The third-order valence-electron chi connectivity index (χ3n) is 6.26. The third-order valence-corrected chi connectivity index (χ3v) is 6.50. The molecule has 0 aliphatic carbocycles. The summed E-state index contributed by atoms with van der Waals surface area (Å²) >= 11 is 6.14. The van der Waals surface area contributed by atoms with Gasteiger partial charge >= 0.3 is 0 Å².